The van der Waals surface area contributed by atoms with Gasteiger partial charge in [0.05, 0.1) is 0 Å². The molecule has 1 aliphatic heterocycles. The third kappa shape index (κ3) is 2.96. The van der Waals surface area contributed by atoms with E-state index in [0.717, 1.165) is 18.6 Å². The Labute approximate surface area is 88.8 Å². The number of nitrogens with two attached hydrogens (primary N) is 1. The molecule has 0 aromatic rings. The fraction of sp³-hybridized carbons (Fsp3) is 1.00. The maximum Gasteiger partial charge on any atom is 0.0110 e. The van der Waals surface area contributed by atoms with Crippen LogP contribution in [0.15, 0.2) is 0 Å². The van der Waals surface area contributed by atoms with E-state index in [0.29, 0.717) is 0 Å². The molecule has 0 amide bonds. The van der Waals surface area contributed by atoms with Gasteiger partial charge in [-0.3, -0.25) is 4.90 Å². The monoisotopic (exact) mass is 198 g/mol. The molecule has 14 heavy (non-hydrogen) atoms. The van der Waals surface area contributed by atoms with Crippen molar-refractivity contribution >= 4 is 0 Å². The summed E-state index contributed by atoms with van der Waals surface area (Å²) in [4.78, 5) is 2.72. The summed E-state index contributed by atoms with van der Waals surface area (Å²) in [5.41, 5.74) is 5.68. The molecule has 1 rings (SSSR count). The highest BCUT2D eigenvalue weighted by atomic mass is 15.2. The van der Waals surface area contributed by atoms with Crippen LogP contribution in [0.3, 0.4) is 0 Å². The molecular formula is C12H26N2. The summed E-state index contributed by atoms with van der Waals surface area (Å²) in [6.07, 6.45) is 7.93. The van der Waals surface area contributed by atoms with Gasteiger partial charge in [0.25, 0.3) is 0 Å². The number of hydrogen-bond acceptors (Lipinski definition) is 2. The first-order valence-corrected chi connectivity index (χ1v) is 6.29. The minimum Gasteiger partial charge on any atom is -0.330 e. The Balaban J connectivity index is 2.51. The molecule has 0 bridgehead atoms. The van der Waals surface area contributed by atoms with Crippen LogP contribution in [0.4, 0.5) is 0 Å². The van der Waals surface area contributed by atoms with E-state index >= 15 is 0 Å². The molecule has 0 aromatic heterocycles. The first-order chi connectivity index (χ1) is 6.83. The molecule has 84 valence electrons. The standard InChI is InChI=1S/C12H26N2/c1-3-11(4-2)14-10-6-5-7-12(14)8-9-13/h11-12H,3-10,13H2,1-2H3. The van der Waals surface area contributed by atoms with Gasteiger partial charge in [0.15, 0.2) is 0 Å². The summed E-state index contributed by atoms with van der Waals surface area (Å²) in [5.74, 6) is 0. The van der Waals surface area contributed by atoms with Crippen molar-refractivity contribution in [3.8, 4) is 0 Å². The second kappa shape index (κ2) is 6.41. The van der Waals surface area contributed by atoms with Crippen molar-refractivity contribution in [3.05, 3.63) is 0 Å². The molecular weight excluding hydrogens is 172 g/mol. The third-order valence-corrected chi connectivity index (χ3v) is 3.58. The Morgan fingerprint density at radius 2 is 2.00 bits per heavy atom. The van der Waals surface area contributed by atoms with Gasteiger partial charge in [-0.15, -0.1) is 0 Å². The molecule has 0 aliphatic carbocycles. The van der Waals surface area contributed by atoms with Crippen LogP contribution in [-0.4, -0.2) is 30.1 Å². The molecule has 1 unspecified atom stereocenters. The Bertz CT molecular complexity index is 141. The smallest absolute Gasteiger partial charge is 0.0110 e. The third-order valence-electron chi connectivity index (χ3n) is 3.58. The summed E-state index contributed by atoms with van der Waals surface area (Å²) in [6.45, 7) is 6.77. The summed E-state index contributed by atoms with van der Waals surface area (Å²) < 4.78 is 0. The van der Waals surface area contributed by atoms with E-state index < -0.39 is 0 Å². The first-order valence-electron chi connectivity index (χ1n) is 6.29. The van der Waals surface area contributed by atoms with Crippen molar-refractivity contribution in [3.63, 3.8) is 0 Å². The van der Waals surface area contributed by atoms with Gasteiger partial charge in [-0.05, 0) is 45.2 Å². The quantitative estimate of drug-likeness (QED) is 0.735. The van der Waals surface area contributed by atoms with E-state index in [2.05, 4.69) is 18.7 Å². The predicted molar refractivity (Wildman–Crippen MR) is 62.4 cm³/mol. The van der Waals surface area contributed by atoms with Gasteiger partial charge in [0.1, 0.15) is 0 Å². The minimum absolute atomic E-state index is 0.777. The normalized spacial score (nSPS) is 24.4. The van der Waals surface area contributed by atoms with E-state index in [-0.39, 0.29) is 0 Å². The van der Waals surface area contributed by atoms with E-state index in [1.807, 2.05) is 0 Å². The molecule has 2 N–H and O–H groups in total. The SMILES string of the molecule is CCC(CC)N1CCCCC1CCN. The number of nitrogens with zero attached hydrogens (tertiary/aromatic N) is 1. The molecule has 1 aliphatic rings. The Kier molecular flexibility index (Phi) is 5.49. The van der Waals surface area contributed by atoms with Crippen molar-refractivity contribution in [1.82, 2.24) is 4.90 Å². The van der Waals surface area contributed by atoms with Gasteiger partial charge >= 0.3 is 0 Å². The van der Waals surface area contributed by atoms with Crippen molar-refractivity contribution in [2.45, 2.75) is 64.5 Å². The molecule has 0 aromatic carbocycles. The van der Waals surface area contributed by atoms with Crippen LogP contribution < -0.4 is 5.73 Å². The van der Waals surface area contributed by atoms with Gasteiger partial charge < -0.3 is 5.73 Å². The average molecular weight is 198 g/mol. The molecule has 1 fully saturated rings. The van der Waals surface area contributed by atoms with Crippen LogP contribution >= 0.6 is 0 Å². The van der Waals surface area contributed by atoms with Crippen molar-refractivity contribution < 1.29 is 0 Å². The molecule has 1 atom stereocenters. The Morgan fingerprint density at radius 3 is 2.57 bits per heavy atom. The topological polar surface area (TPSA) is 29.3 Å². The van der Waals surface area contributed by atoms with Crippen LogP contribution in [0.1, 0.15) is 52.4 Å². The van der Waals surface area contributed by atoms with Crippen LogP contribution in [0.25, 0.3) is 0 Å². The number of piperidine rings is 1. The van der Waals surface area contributed by atoms with Crippen LogP contribution in [0.2, 0.25) is 0 Å². The second-order valence-corrected chi connectivity index (χ2v) is 4.44. The molecule has 2 heteroatoms. The highest BCUT2D eigenvalue weighted by Gasteiger charge is 2.25. The highest BCUT2D eigenvalue weighted by Crippen LogP contribution is 2.24. The molecule has 1 saturated heterocycles. The number of hydrogen-bond donors (Lipinski definition) is 1. The maximum absolute atomic E-state index is 5.68. The summed E-state index contributed by atoms with van der Waals surface area (Å²) in [6, 6.07) is 1.57. The first kappa shape index (κ1) is 12.0. The van der Waals surface area contributed by atoms with Gasteiger partial charge in [-0.25, -0.2) is 0 Å². The van der Waals surface area contributed by atoms with Crippen LogP contribution in [-0.2, 0) is 0 Å². The van der Waals surface area contributed by atoms with E-state index in [9.17, 15) is 0 Å². The van der Waals surface area contributed by atoms with Gasteiger partial charge in [-0.2, -0.15) is 0 Å². The van der Waals surface area contributed by atoms with E-state index in [1.54, 1.807) is 0 Å². The second-order valence-electron chi connectivity index (χ2n) is 4.44. The highest BCUT2D eigenvalue weighted by molar-refractivity contribution is 4.81. The fourth-order valence-corrected chi connectivity index (χ4v) is 2.76. The van der Waals surface area contributed by atoms with Crippen LogP contribution in [0, 0.1) is 0 Å². The zero-order valence-corrected chi connectivity index (χ0v) is 9.84. The maximum atomic E-state index is 5.68. The largest absolute Gasteiger partial charge is 0.330 e. The zero-order valence-electron chi connectivity index (χ0n) is 9.84. The van der Waals surface area contributed by atoms with E-state index in [4.69, 9.17) is 5.73 Å². The molecule has 0 spiro atoms. The van der Waals surface area contributed by atoms with Crippen LogP contribution in [0.5, 0.6) is 0 Å². The minimum atomic E-state index is 0.777. The zero-order chi connectivity index (χ0) is 10.4. The molecule has 0 saturated carbocycles. The lowest BCUT2D eigenvalue weighted by Crippen LogP contribution is -2.46. The lowest BCUT2D eigenvalue weighted by molar-refractivity contribution is 0.0852. The average Bonchev–Trinajstić information content (AvgIpc) is 2.23. The van der Waals surface area contributed by atoms with Crippen molar-refractivity contribution in [2.24, 2.45) is 5.73 Å². The molecule has 0 radical (unpaired) electrons. The molecule has 1 heterocycles. The van der Waals surface area contributed by atoms with Gasteiger partial charge in [-0.1, -0.05) is 20.3 Å². The number of likely N-dealkylation sites (tertiary alicyclic amines) is 1. The predicted octanol–water partition coefficient (Wildman–Crippen LogP) is 2.38. The van der Waals surface area contributed by atoms with Gasteiger partial charge in [0.2, 0.25) is 0 Å². The Hall–Kier alpha value is -0.0800. The summed E-state index contributed by atoms with van der Waals surface area (Å²) in [7, 11) is 0. The van der Waals surface area contributed by atoms with Crippen molar-refractivity contribution in [2.75, 3.05) is 13.1 Å². The fourth-order valence-electron chi connectivity index (χ4n) is 2.76. The van der Waals surface area contributed by atoms with Crippen molar-refractivity contribution in [1.29, 1.82) is 0 Å². The number of rotatable bonds is 5. The lowest BCUT2D eigenvalue weighted by Gasteiger charge is -2.40. The Morgan fingerprint density at radius 1 is 1.29 bits per heavy atom. The lowest BCUT2D eigenvalue weighted by atomic mass is 9.95. The van der Waals surface area contributed by atoms with Gasteiger partial charge in [0, 0.05) is 12.1 Å². The summed E-state index contributed by atoms with van der Waals surface area (Å²) >= 11 is 0. The van der Waals surface area contributed by atoms with E-state index in [1.165, 1.54) is 45.1 Å². The molecule has 2 nitrogen and oxygen atoms in total. The summed E-state index contributed by atoms with van der Waals surface area (Å²) in [5, 5.41) is 0.